The number of thiophene rings is 1. The molecule has 0 radical (unpaired) electrons. The Balaban J connectivity index is 2.12. The maximum Gasteiger partial charge on any atom is 0.168 e. The first-order valence-electron chi connectivity index (χ1n) is 7.04. The van der Waals surface area contributed by atoms with E-state index in [0.717, 1.165) is 23.8 Å². The molecule has 21 heavy (non-hydrogen) atoms. The molecular formula is C15H19F2N3S. The van der Waals surface area contributed by atoms with Gasteiger partial charge in [-0.05, 0) is 29.9 Å². The van der Waals surface area contributed by atoms with Gasteiger partial charge >= 0.3 is 0 Å². The highest BCUT2D eigenvalue weighted by Crippen LogP contribution is 2.22. The summed E-state index contributed by atoms with van der Waals surface area (Å²) in [6, 6.07) is 2.92. The summed E-state index contributed by atoms with van der Waals surface area (Å²) in [4.78, 5) is 5.14. The van der Waals surface area contributed by atoms with E-state index in [4.69, 9.17) is 0 Å². The summed E-state index contributed by atoms with van der Waals surface area (Å²) < 4.78 is 27.4. The van der Waals surface area contributed by atoms with Crippen molar-refractivity contribution in [3.05, 3.63) is 39.6 Å². The normalized spacial score (nSPS) is 10.7. The largest absolute Gasteiger partial charge is 0.368 e. The van der Waals surface area contributed by atoms with Crippen LogP contribution in [0.5, 0.6) is 0 Å². The lowest BCUT2D eigenvalue weighted by molar-refractivity contribution is 0.578. The van der Waals surface area contributed by atoms with Crippen molar-refractivity contribution in [2.75, 3.05) is 17.2 Å². The minimum Gasteiger partial charge on any atom is -0.368 e. The lowest BCUT2D eigenvalue weighted by Gasteiger charge is -2.11. The number of pyridine rings is 1. The summed E-state index contributed by atoms with van der Waals surface area (Å²) in [6.45, 7) is 5.13. The first-order valence-corrected chi connectivity index (χ1v) is 7.92. The third-order valence-electron chi connectivity index (χ3n) is 3.11. The van der Waals surface area contributed by atoms with E-state index in [1.165, 1.54) is 5.56 Å². The maximum absolute atomic E-state index is 13.8. The molecule has 0 atom stereocenters. The van der Waals surface area contributed by atoms with Crippen molar-refractivity contribution < 1.29 is 8.78 Å². The fourth-order valence-electron chi connectivity index (χ4n) is 1.96. The molecule has 0 saturated carbocycles. The fraction of sp³-hybridized carbons (Fsp3) is 0.400. The van der Waals surface area contributed by atoms with Crippen molar-refractivity contribution in [2.24, 2.45) is 0 Å². The van der Waals surface area contributed by atoms with Crippen LogP contribution in [0, 0.1) is 11.6 Å². The van der Waals surface area contributed by atoms with E-state index in [1.54, 1.807) is 11.3 Å². The minimum absolute atomic E-state index is 0.0745. The molecule has 3 nitrogen and oxygen atoms in total. The standard InChI is InChI=1S/C15H19F2N3S/c1-3-6-18-14-11(16)8-12(17)15(20-14)19-9-13-10(4-2)5-7-21-13/h5,7-8H,3-4,6,9H2,1-2H3,(H2,18,19,20). The first-order chi connectivity index (χ1) is 10.2. The van der Waals surface area contributed by atoms with Crippen LogP contribution in [-0.4, -0.2) is 11.5 Å². The lowest BCUT2D eigenvalue weighted by Crippen LogP contribution is -2.09. The zero-order valence-corrected chi connectivity index (χ0v) is 13.0. The van der Waals surface area contributed by atoms with Crippen LogP contribution in [-0.2, 0) is 13.0 Å². The Kier molecular flexibility index (Phi) is 5.50. The SMILES string of the molecule is CCCNc1nc(NCc2sccc2CC)c(F)cc1F. The van der Waals surface area contributed by atoms with Gasteiger partial charge in [-0.2, -0.15) is 0 Å². The molecule has 0 unspecified atom stereocenters. The smallest absolute Gasteiger partial charge is 0.168 e. The summed E-state index contributed by atoms with van der Waals surface area (Å²) >= 11 is 1.62. The Morgan fingerprint density at radius 1 is 1.14 bits per heavy atom. The zero-order chi connectivity index (χ0) is 15.2. The second-order valence-electron chi connectivity index (χ2n) is 4.65. The van der Waals surface area contributed by atoms with Gasteiger partial charge in [0.1, 0.15) is 0 Å². The Morgan fingerprint density at radius 3 is 2.52 bits per heavy atom. The van der Waals surface area contributed by atoms with Crippen LogP contribution in [0.1, 0.15) is 30.7 Å². The van der Waals surface area contributed by atoms with Gasteiger partial charge in [0.25, 0.3) is 0 Å². The second kappa shape index (κ2) is 7.36. The van der Waals surface area contributed by atoms with Crippen LogP contribution in [0.3, 0.4) is 0 Å². The van der Waals surface area contributed by atoms with Gasteiger partial charge in [-0.3, -0.25) is 0 Å². The molecule has 0 amide bonds. The van der Waals surface area contributed by atoms with Gasteiger partial charge in [-0.25, -0.2) is 13.8 Å². The van der Waals surface area contributed by atoms with Gasteiger partial charge in [0, 0.05) is 17.5 Å². The van der Waals surface area contributed by atoms with Crippen LogP contribution in [0.15, 0.2) is 17.5 Å². The molecule has 0 bridgehead atoms. The molecule has 0 saturated heterocycles. The molecule has 114 valence electrons. The van der Waals surface area contributed by atoms with Crippen molar-refractivity contribution in [3.8, 4) is 0 Å². The summed E-state index contributed by atoms with van der Waals surface area (Å²) in [5.41, 5.74) is 1.24. The lowest BCUT2D eigenvalue weighted by atomic mass is 10.2. The Labute approximate surface area is 127 Å². The van der Waals surface area contributed by atoms with Crippen LogP contribution in [0.25, 0.3) is 0 Å². The summed E-state index contributed by atoms with van der Waals surface area (Å²) in [5, 5.41) is 7.82. The van der Waals surface area contributed by atoms with Gasteiger partial charge in [0.2, 0.25) is 0 Å². The number of rotatable bonds is 7. The van der Waals surface area contributed by atoms with Gasteiger partial charge < -0.3 is 10.6 Å². The molecule has 6 heteroatoms. The molecule has 0 fully saturated rings. The van der Waals surface area contributed by atoms with Crippen LogP contribution in [0.2, 0.25) is 0 Å². The van der Waals surface area contributed by atoms with E-state index in [0.29, 0.717) is 13.1 Å². The third kappa shape index (κ3) is 3.91. The minimum atomic E-state index is -0.677. The summed E-state index contributed by atoms with van der Waals surface area (Å²) in [6.07, 6.45) is 1.78. The molecule has 0 aliphatic rings. The van der Waals surface area contributed by atoms with Crippen molar-refractivity contribution in [3.63, 3.8) is 0 Å². The van der Waals surface area contributed by atoms with E-state index in [9.17, 15) is 8.78 Å². The molecule has 2 aromatic heterocycles. The number of nitrogens with one attached hydrogen (secondary N) is 2. The number of anilines is 2. The third-order valence-corrected chi connectivity index (χ3v) is 4.07. The Morgan fingerprint density at radius 2 is 1.86 bits per heavy atom. The van der Waals surface area contributed by atoms with Crippen LogP contribution >= 0.6 is 11.3 Å². The van der Waals surface area contributed by atoms with E-state index < -0.39 is 11.6 Å². The average molecular weight is 311 g/mol. The van der Waals surface area contributed by atoms with E-state index in [-0.39, 0.29) is 11.6 Å². The molecule has 0 aliphatic carbocycles. The predicted octanol–water partition coefficient (Wildman–Crippen LogP) is 4.42. The van der Waals surface area contributed by atoms with E-state index >= 15 is 0 Å². The molecule has 0 aliphatic heterocycles. The summed E-state index contributed by atoms with van der Waals surface area (Å²) in [7, 11) is 0. The molecule has 2 N–H and O–H groups in total. The maximum atomic E-state index is 13.8. The molecule has 0 spiro atoms. The number of aromatic nitrogens is 1. The fourth-order valence-corrected chi connectivity index (χ4v) is 2.87. The highest BCUT2D eigenvalue weighted by Gasteiger charge is 2.12. The highest BCUT2D eigenvalue weighted by atomic mass is 32.1. The van der Waals surface area contributed by atoms with Crippen LogP contribution in [0.4, 0.5) is 20.4 Å². The second-order valence-corrected chi connectivity index (χ2v) is 5.65. The Hall–Kier alpha value is -1.69. The Bertz CT molecular complexity index is 599. The van der Waals surface area contributed by atoms with Crippen molar-refractivity contribution in [1.29, 1.82) is 0 Å². The molecular weight excluding hydrogens is 292 g/mol. The quantitative estimate of drug-likeness (QED) is 0.795. The topological polar surface area (TPSA) is 37.0 Å². The van der Waals surface area contributed by atoms with Gasteiger partial charge in [-0.15, -0.1) is 11.3 Å². The number of halogens is 2. The highest BCUT2D eigenvalue weighted by molar-refractivity contribution is 7.10. The van der Waals surface area contributed by atoms with Crippen molar-refractivity contribution >= 4 is 23.0 Å². The van der Waals surface area contributed by atoms with Crippen LogP contribution < -0.4 is 10.6 Å². The van der Waals surface area contributed by atoms with Crippen molar-refractivity contribution in [1.82, 2.24) is 4.98 Å². The van der Waals surface area contributed by atoms with Crippen molar-refractivity contribution in [2.45, 2.75) is 33.2 Å². The van der Waals surface area contributed by atoms with Gasteiger partial charge in [0.15, 0.2) is 23.3 Å². The molecule has 2 heterocycles. The average Bonchev–Trinajstić information content (AvgIpc) is 2.93. The van der Waals surface area contributed by atoms with Gasteiger partial charge in [0.05, 0.1) is 6.54 Å². The predicted molar refractivity (Wildman–Crippen MR) is 84.0 cm³/mol. The van der Waals surface area contributed by atoms with E-state index in [2.05, 4.69) is 28.6 Å². The van der Waals surface area contributed by atoms with Gasteiger partial charge in [-0.1, -0.05) is 13.8 Å². The number of hydrogen-bond donors (Lipinski definition) is 2. The number of aryl methyl sites for hydroxylation is 1. The summed E-state index contributed by atoms with van der Waals surface area (Å²) in [5.74, 6) is -1.19. The molecule has 0 aromatic carbocycles. The molecule has 2 aromatic rings. The number of nitrogens with zero attached hydrogens (tertiary/aromatic N) is 1. The molecule has 2 rings (SSSR count). The monoisotopic (exact) mass is 311 g/mol. The zero-order valence-electron chi connectivity index (χ0n) is 12.2. The van der Waals surface area contributed by atoms with E-state index in [1.807, 2.05) is 12.3 Å². The first kappa shape index (κ1) is 15.7. The number of hydrogen-bond acceptors (Lipinski definition) is 4.